The fraction of sp³-hybridized carbons (Fsp3) is 0.652. The van der Waals surface area contributed by atoms with E-state index in [9.17, 15) is 19.0 Å². The third-order valence-electron chi connectivity index (χ3n) is 8.40. The van der Waals surface area contributed by atoms with Crippen molar-refractivity contribution in [1.82, 2.24) is 0 Å². The molecule has 0 radical (unpaired) electrons. The van der Waals surface area contributed by atoms with E-state index < -0.39 is 32.5 Å². The van der Waals surface area contributed by atoms with Crippen LogP contribution in [0.1, 0.15) is 142 Å². The van der Waals surface area contributed by atoms with E-state index in [1.807, 2.05) is 27.2 Å². The fourth-order valence-corrected chi connectivity index (χ4v) is 5.80. The average Bonchev–Trinajstić information content (AvgIpc) is 3.15. The van der Waals surface area contributed by atoms with Crippen molar-refractivity contribution >= 4 is 19.8 Å². The summed E-state index contributed by atoms with van der Waals surface area (Å²) >= 11 is 0. The molecule has 1 unspecified atom stereocenters. The molecule has 10 heteroatoms. The van der Waals surface area contributed by atoms with Gasteiger partial charge in [-0.3, -0.25) is 14.2 Å². The van der Waals surface area contributed by atoms with Crippen molar-refractivity contribution in [3.8, 4) is 0 Å². The van der Waals surface area contributed by atoms with Crippen LogP contribution in [-0.2, 0) is 32.7 Å². The molecule has 0 rings (SSSR count). The Labute approximate surface area is 341 Å². The first-order valence-corrected chi connectivity index (χ1v) is 22.8. The van der Waals surface area contributed by atoms with E-state index >= 15 is 0 Å². The van der Waals surface area contributed by atoms with Crippen molar-refractivity contribution in [2.24, 2.45) is 0 Å². The Bertz CT molecular complexity index is 1230. The fourth-order valence-electron chi connectivity index (χ4n) is 5.07. The van der Waals surface area contributed by atoms with Gasteiger partial charge in [0.1, 0.15) is 19.8 Å². The summed E-state index contributed by atoms with van der Waals surface area (Å²) in [6, 6.07) is 0. The number of nitrogens with zero attached hydrogens (tertiary/aromatic N) is 1. The highest BCUT2D eigenvalue weighted by Gasteiger charge is 2.21. The van der Waals surface area contributed by atoms with Gasteiger partial charge in [-0.15, -0.1) is 0 Å². The standard InChI is InChI=1S/C46H78NO8P/c1-6-8-10-12-14-16-18-20-22-23-25-27-29-31-33-35-37-39-46(49)55-44(43-54-56(50,51)53-41-40-47(3,4)5)42-52-45(48)38-36-34-32-30-28-26-24-21-19-17-15-13-11-9-7-2/h9,11,15,17,20-22,24-25,27-28,30-31,33,44H,6-8,10,12-14,16,18-19,23,26,29,32,34-43H2,1-5H3/b11-9-,17-15-,22-20-,24-21-,27-25-,30-28-,33-31-/t44-/m1/s1. The minimum Gasteiger partial charge on any atom is -0.756 e. The Morgan fingerprint density at radius 2 is 1.04 bits per heavy atom. The Morgan fingerprint density at radius 3 is 1.57 bits per heavy atom. The van der Waals surface area contributed by atoms with Crippen molar-refractivity contribution in [2.45, 2.75) is 148 Å². The average molecular weight is 804 g/mol. The number of carbonyl (C=O) groups is 2. The molecule has 0 amide bonds. The molecule has 0 aromatic rings. The lowest BCUT2D eigenvalue weighted by atomic mass is 10.1. The van der Waals surface area contributed by atoms with Gasteiger partial charge in [0.15, 0.2) is 6.10 Å². The lowest BCUT2D eigenvalue weighted by Gasteiger charge is -2.28. The Balaban J connectivity index is 4.56. The number of phosphoric acid groups is 1. The number of hydrogen-bond donors (Lipinski definition) is 0. The third-order valence-corrected chi connectivity index (χ3v) is 9.36. The van der Waals surface area contributed by atoms with Crippen LogP contribution in [0.3, 0.4) is 0 Å². The summed E-state index contributed by atoms with van der Waals surface area (Å²) in [5.74, 6) is -0.954. The SMILES string of the molecule is CC/C=C\C/C=C\C/C=C\C/C=C\CCCCC(=O)OC[C@H](COP(=O)([O-])OCC[N+](C)(C)C)OC(=O)CCC/C=C\C/C=C\C/C=C\CCCCCCCC. The van der Waals surface area contributed by atoms with Crippen molar-refractivity contribution in [3.63, 3.8) is 0 Å². The van der Waals surface area contributed by atoms with E-state index in [4.69, 9.17) is 18.5 Å². The zero-order chi connectivity index (χ0) is 41.4. The van der Waals surface area contributed by atoms with Crippen LogP contribution in [0.2, 0.25) is 0 Å². The summed E-state index contributed by atoms with van der Waals surface area (Å²) in [7, 11) is 1.10. The van der Waals surface area contributed by atoms with Gasteiger partial charge in [-0.25, -0.2) is 0 Å². The van der Waals surface area contributed by atoms with Gasteiger partial charge in [-0.2, -0.15) is 0 Å². The summed E-state index contributed by atoms with van der Waals surface area (Å²) in [4.78, 5) is 37.4. The molecule has 0 aliphatic carbocycles. The lowest BCUT2D eigenvalue weighted by molar-refractivity contribution is -0.870. The van der Waals surface area contributed by atoms with Gasteiger partial charge in [-0.1, -0.05) is 131 Å². The smallest absolute Gasteiger partial charge is 0.306 e. The van der Waals surface area contributed by atoms with E-state index in [-0.39, 0.29) is 26.1 Å². The maximum absolute atomic E-state index is 12.6. The van der Waals surface area contributed by atoms with Crippen LogP contribution < -0.4 is 4.89 Å². The number of allylic oxidation sites excluding steroid dienone is 14. The summed E-state index contributed by atoms with van der Waals surface area (Å²) < 4.78 is 33.7. The first kappa shape index (κ1) is 53.2. The molecule has 56 heavy (non-hydrogen) atoms. The van der Waals surface area contributed by atoms with E-state index in [1.54, 1.807) is 0 Å². The lowest BCUT2D eigenvalue weighted by Crippen LogP contribution is -2.37. The molecule has 0 aromatic heterocycles. The second kappa shape index (κ2) is 37.7. The highest BCUT2D eigenvalue weighted by Crippen LogP contribution is 2.38. The zero-order valence-corrected chi connectivity index (χ0v) is 36.7. The number of esters is 2. The number of quaternary nitrogens is 1. The normalized spacial score (nSPS) is 14.5. The van der Waals surface area contributed by atoms with E-state index in [0.717, 1.165) is 57.8 Å². The maximum atomic E-state index is 12.6. The second-order valence-electron chi connectivity index (χ2n) is 15.0. The van der Waals surface area contributed by atoms with Crippen molar-refractivity contribution in [3.05, 3.63) is 85.1 Å². The Hall–Kier alpha value is -2.81. The van der Waals surface area contributed by atoms with Gasteiger partial charge in [-0.05, 0) is 83.5 Å². The molecule has 0 saturated heterocycles. The molecule has 320 valence electrons. The molecule has 0 fully saturated rings. The van der Waals surface area contributed by atoms with E-state index in [2.05, 4.69) is 92.8 Å². The molecule has 0 bridgehead atoms. The minimum atomic E-state index is -4.65. The molecule has 9 nitrogen and oxygen atoms in total. The highest BCUT2D eigenvalue weighted by atomic mass is 31.2. The first-order valence-electron chi connectivity index (χ1n) is 21.3. The topological polar surface area (TPSA) is 111 Å². The van der Waals surface area contributed by atoms with Crippen LogP contribution in [0.15, 0.2) is 85.1 Å². The molecular formula is C46H78NO8P. The molecule has 0 aliphatic rings. The van der Waals surface area contributed by atoms with Crippen molar-refractivity contribution in [1.29, 1.82) is 0 Å². The van der Waals surface area contributed by atoms with Gasteiger partial charge in [0.25, 0.3) is 7.82 Å². The highest BCUT2D eigenvalue weighted by molar-refractivity contribution is 7.45. The minimum absolute atomic E-state index is 0.0513. The number of likely N-dealkylation sites (N-methyl/N-ethyl adjacent to an activating group) is 1. The van der Waals surface area contributed by atoms with E-state index in [1.165, 1.54) is 38.5 Å². The number of phosphoric ester groups is 1. The predicted octanol–water partition coefficient (Wildman–Crippen LogP) is 11.4. The molecule has 0 heterocycles. The Kier molecular flexibility index (Phi) is 35.9. The molecule has 0 spiro atoms. The van der Waals surface area contributed by atoms with Crippen LogP contribution in [-0.4, -0.2) is 70.0 Å². The molecular weight excluding hydrogens is 725 g/mol. The monoisotopic (exact) mass is 804 g/mol. The number of carbonyl (C=O) groups excluding carboxylic acids is 2. The second-order valence-corrected chi connectivity index (χ2v) is 16.4. The maximum Gasteiger partial charge on any atom is 0.306 e. The van der Waals surface area contributed by atoms with Gasteiger partial charge in [0.05, 0.1) is 27.7 Å². The summed E-state index contributed by atoms with van der Waals surface area (Å²) in [6.07, 6.45) is 47.7. The van der Waals surface area contributed by atoms with Crippen LogP contribution in [0.5, 0.6) is 0 Å². The molecule has 0 saturated carbocycles. The van der Waals surface area contributed by atoms with Crippen LogP contribution in [0.25, 0.3) is 0 Å². The summed E-state index contributed by atoms with van der Waals surface area (Å²) in [6.45, 7) is 3.97. The first-order chi connectivity index (χ1) is 27.0. The number of unbranched alkanes of at least 4 members (excludes halogenated alkanes) is 9. The molecule has 0 aromatic carbocycles. The zero-order valence-electron chi connectivity index (χ0n) is 35.8. The van der Waals surface area contributed by atoms with Crippen molar-refractivity contribution < 1.29 is 42.1 Å². The number of ether oxygens (including phenoxy) is 2. The van der Waals surface area contributed by atoms with Gasteiger partial charge in [0.2, 0.25) is 0 Å². The van der Waals surface area contributed by atoms with Crippen LogP contribution in [0.4, 0.5) is 0 Å². The van der Waals surface area contributed by atoms with Crippen molar-refractivity contribution in [2.75, 3.05) is 47.5 Å². The molecule has 2 atom stereocenters. The molecule has 0 N–H and O–H groups in total. The quantitative estimate of drug-likeness (QED) is 0.0201. The summed E-state index contributed by atoms with van der Waals surface area (Å²) in [5, 5.41) is 0. The van der Waals surface area contributed by atoms with Gasteiger partial charge >= 0.3 is 11.9 Å². The van der Waals surface area contributed by atoms with E-state index in [0.29, 0.717) is 30.3 Å². The molecule has 0 aliphatic heterocycles. The van der Waals surface area contributed by atoms with Crippen LogP contribution >= 0.6 is 7.82 Å². The summed E-state index contributed by atoms with van der Waals surface area (Å²) in [5.41, 5.74) is 0. The number of rotatable bonds is 37. The van der Waals surface area contributed by atoms with Crippen LogP contribution in [0, 0.1) is 0 Å². The predicted molar refractivity (Wildman–Crippen MR) is 231 cm³/mol. The number of hydrogen-bond acceptors (Lipinski definition) is 8. The largest absolute Gasteiger partial charge is 0.756 e. The van der Waals surface area contributed by atoms with Gasteiger partial charge in [0, 0.05) is 12.8 Å². The Morgan fingerprint density at radius 1 is 0.571 bits per heavy atom. The third kappa shape index (κ3) is 40.8. The van der Waals surface area contributed by atoms with Gasteiger partial charge < -0.3 is 27.9 Å².